The van der Waals surface area contributed by atoms with Gasteiger partial charge in [-0.2, -0.15) is 0 Å². The number of rotatable bonds is 6. The zero-order valence-corrected chi connectivity index (χ0v) is 20.4. The SMILES string of the molecule is C.C.C#C.C=C.CC.CCC1=CCCC=C1.CCCC(CCC)C1=CCc2ccccc21. The van der Waals surface area contributed by atoms with Crippen LogP contribution in [0.2, 0.25) is 0 Å². The van der Waals surface area contributed by atoms with E-state index in [4.69, 9.17) is 0 Å². The van der Waals surface area contributed by atoms with Gasteiger partial charge in [0.15, 0.2) is 0 Å². The van der Waals surface area contributed by atoms with Crippen molar-refractivity contribution in [2.24, 2.45) is 5.92 Å². The summed E-state index contributed by atoms with van der Waals surface area (Å²) in [6.45, 7) is 16.8. The van der Waals surface area contributed by atoms with Gasteiger partial charge in [0, 0.05) is 0 Å². The molecule has 0 radical (unpaired) electrons. The molecule has 0 N–H and O–H groups in total. The first kappa shape index (κ1) is 37.1. The standard InChI is InChI=1S/C16H22.C8H12.C2H6.C2H4.C2H2.2CH4/c1-3-7-13(8-4-2)16-12-11-14-9-5-6-10-15(14)16;1-2-8-6-4-3-5-7-8;3*1-2;;/h5-6,9-10,12-13H,3-4,7-8,11H2,1-2H3;4,6-7H,2-3,5H2,1H3;1-2H3;1-2H2;1-2H;2*1H4. The van der Waals surface area contributed by atoms with E-state index < -0.39 is 0 Å². The number of terminal acetylenes is 1. The Labute approximate surface area is 203 Å². The number of allylic oxidation sites excluding steroid dienone is 6. The molecule has 0 unspecified atom stereocenters. The van der Waals surface area contributed by atoms with Crippen LogP contribution < -0.4 is 0 Å². The van der Waals surface area contributed by atoms with Crippen molar-refractivity contribution in [1.82, 2.24) is 0 Å². The summed E-state index contributed by atoms with van der Waals surface area (Å²) in [4.78, 5) is 0. The maximum Gasteiger partial charge on any atom is -0.00853 e. The predicted octanol–water partition coefficient (Wildman–Crippen LogP) is 10.9. The number of benzene rings is 1. The number of fused-ring (bicyclic) bond motifs is 1. The highest BCUT2D eigenvalue weighted by atomic mass is 14.2. The molecule has 0 atom stereocenters. The van der Waals surface area contributed by atoms with Crippen molar-refractivity contribution < 1.29 is 0 Å². The van der Waals surface area contributed by atoms with E-state index in [1.54, 1.807) is 5.57 Å². The van der Waals surface area contributed by atoms with Crippen LogP contribution in [0.15, 0.2) is 67.3 Å². The molecule has 2 aliphatic carbocycles. The third-order valence-corrected chi connectivity index (χ3v) is 5.06. The summed E-state index contributed by atoms with van der Waals surface area (Å²) in [6, 6.07) is 8.90. The molecular formula is C32H54. The van der Waals surface area contributed by atoms with E-state index in [0.717, 1.165) is 12.3 Å². The molecule has 0 saturated carbocycles. The van der Waals surface area contributed by atoms with Crippen molar-refractivity contribution in [3.8, 4) is 12.8 Å². The van der Waals surface area contributed by atoms with Crippen LogP contribution in [0.3, 0.4) is 0 Å². The largest absolute Gasteiger partial charge is 0.124 e. The predicted molar refractivity (Wildman–Crippen MR) is 154 cm³/mol. The summed E-state index contributed by atoms with van der Waals surface area (Å²) in [5.41, 5.74) is 6.17. The molecule has 0 aliphatic heterocycles. The van der Waals surface area contributed by atoms with Crippen LogP contribution in [0, 0.1) is 18.8 Å². The molecule has 0 bridgehead atoms. The van der Waals surface area contributed by atoms with E-state index >= 15 is 0 Å². The Morgan fingerprint density at radius 3 is 1.88 bits per heavy atom. The van der Waals surface area contributed by atoms with Gasteiger partial charge in [0.1, 0.15) is 0 Å². The van der Waals surface area contributed by atoms with Gasteiger partial charge < -0.3 is 0 Å². The van der Waals surface area contributed by atoms with Crippen LogP contribution in [-0.4, -0.2) is 0 Å². The second kappa shape index (κ2) is 26.8. The van der Waals surface area contributed by atoms with E-state index in [1.807, 2.05) is 13.8 Å². The van der Waals surface area contributed by atoms with Crippen LogP contribution in [0.4, 0.5) is 0 Å². The molecule has 0 heterocycles. The van der Waals surface area contributed by atoms with E-state index in [9.17, 15) is 0 Å². The lowest BCUT2D eigenvalue weighted by atomic mass is 9.87. The van der Waals surface area contributed by atoms with Crippen molar-refractivity contribution in [1.29, 1.82) is 0 Å². The highest BCUT2D eigenvalue weighted by Gasteiger charge is 2.20. The summed E-state index contributed by atoms with van der Waals surface area (Å²) in [7, 11) is 0. The lowest BCUT2D eigenvalue weighted by molar-refractivity contribution is 0.544. The van der Waals surface area contributed by atoms with E-state index in [1.165, 1.54) is 61.6 Å². The summed E-state index contributed by atoms with van der Waals surface area (Å²) in [6.07, 6.45) is 27.4. The minimum absolute atomic E-state index is 0. The average molecular weight is 439 g/mol. The van der Waals surface area contributed by atoms with Crippen molar-refractivity contribution in [2.45, 2.75) is 101 Å². The maximum atomic E-state index is 4.00. The van der Waals surface area contributed by atoms with Gasteiger partial charge in [0.25, 0.3) is 0 Å². The lowest BCUT2D eigenvalue weighted by Crippen LogP contribution is -2.02. The fourth-order valence-electron chi connectivity index (χ4n) is 3.78. The fraction of sp³-hybridized carbons (Fsp3) is 0.500. The third kappa shape index (κ3) is 13.9. The summed E-state index contributed by atoms with van der Waals surface area (Å²) < 4.78 is 0. The molecular weight excluding hydrogens is 384 g/mol. The first-order chi connectivity index (χ1) is 14.8. The first-order valence-corrected chi connectivity index (χ1v) is 11.8. The summed E-state index contributed by atoms with van der Waals surface area (Å²) in [5.74, 6) is 0.790. The van der Waals surface area contributed by atoms with Crippen LogP contribution in [0.25, 0.3) is 5.57 Å². The minimum atomic E-state index is 0. The van der Waals surface area contributed by atoms with Gasteiger partial charge in [-0.05, 0) is 61.1 Å². The Balaban J connectivity index is -0.000000209. The van der Waals surface area contributed by atoms with Crippen LogP contribution in [0.1, 0.15) is 106 Å². The van der Waals surface area contributed by atoms with Crippen molar-refractivity contribution in [2.75, 3.05) is 0 Å². The molecule has 32 heavy (non-hydrogen) atoms. The fourth-order valence-corrected chi connectivity index (χ4v) is 3.78. The van der Waals surface area contributed by atoms with Crippen LogP contribution in [-0.2, 0) is 6.42 Å². The minimum Gasteiger partial charge on any atom is -0.124 e. The molecule has 0 saturated heterocycles. The third-order valence-electron chi connectivity index (χ3n) is 5.06. The second-order valence-electron chi connectivity index (χ2n) is 6.91. The quantitative estimate of drug-likeness (QED) is 0.306. The molecule has 2 aliphatic rings. The maximum absolute atomic E-state index is 4.00. The van der Waals surface area contributed by atoms with Gasteiger partial charge in [-0.25, -0.2) is 0 Å². The van der Waals surface area contributed by atoms with E-state index in [-0.39, 0.29) is 14.9 Å². The van der Waals surface area contributed by atoms with Crippen LogP contribution >= 0.6 is 0 Å². The molecule has 1 aromatic rings. The Morgan fingerprint density at radius 1 is 0.875 bits per heavy atom. The Kier molecular flexibility index (Phi) is 31.0. The van der Waals surface area contributed by atoms with Gasteiger partial charge >= 0.3 is 0 Å². The van der Waals surface area contributed by atoms with E-state index in [2.05, 4.69) is 95.3 Å². The van der Waals surface area contributed by atoms with Gasteiger partial charge in [-0.3, -0.25) is 0 Å². The van der Waals surface area contributed by atoms with Gasteiger partial charge in [0.05, 0.1) is 0 Å². The molecule has 0 aromatic heterocycles. The van der Waals surface area contributed by atoms with Crippen LogP contribution in [0.5, 0.6) is 0 Å². The number of hydrogen-bond acceptors (Lipinski definition) is 0. The van der Waals surface area contributed by atoms with Crippen molar-refractivity contribution in [3.63, 3.8) is 0 Å². The topological polar surface area (TPSA) is 0 Å². The van der Waals surface area contributed by atoms with Crippen molar-refractivity contribution >= 4 is 5.57 Å². The lowest BCUT2D eigenvalue weighted by Gasteiger charge is -2.18. The first-order valence-electron chi connectivity index (χ1n) is 11.8. The smallest absolute Gasteiger partial charge is 0.00853 e. The highest BCUT2D eigenvalue weighted by molar-refractivity contribution is 5.74. The molecule has 0 amide bonds. The molecule has 0 spiro atoms. The zero-order valence-electron chi connectivity index (χ0n) is 20.4. The molecule has 0 nitrogen and oxygen atoms in total. The monoisotopic (exact) mass is 438 g/mol. The second-order valence-corrected chi connectivity index (χ2v) is 6.91. The summed E-state index contributed by atoms with van der Waals surface area (Å²) in [5, 5.41) is 0. The molecule has 182 valence electrons. The van der Waals surface area contributed by atoms with Gasteiger partial charge in [-0.1, -0.05) is 116 Å². The van der Waals surface area contributed by atoms with Gasteiger partial charge in [-0.15, -0.1) is 26.0 Å². The van der Waals surface area contributed by atoms with Crippen molar-refractivity contribution in [3.05, 3.63) is 78.4 Å². The highest BCUT2D eigenvalue weighted by Crippen LogP contribution is 2.37. The average Bonchev–Trinajstić information content (AvgIpc) is 3.28. The van der Waals surface area contributed by atoms with E-state index in [0.29, 0.717) is 0 Å². The molecule has 3 rings (SSSR count). The normalized spacial score (nSPS) is 12.0. The Bertz CT molecular complexity index is 633. The van der Waals surface area contributed by atoms with Gasteiger partial charge in [0.2, 0.25) is 0 Å². The zero-order chi connectivity index (χ0) is 23.2. The molecule has 0 fully saturated rings. The molecule has 0 heteroatoms. The molecule has 1 aromatic carbocycles. The number of hydrogen-bond donors (Lipinski definition) is 0. The Morgan fingerprint density at radius 2 is 1.44 bits per heavy atom. The Hall–Kier alpha value is -2.26. The summed E-state index contributed by atoms with van der Waals surface area (Å²) >= 11 is 0.